The number of para-hydroxylation sites is 1. The van der Waals surface area contributed by atoms with Crippen molar-refractivity contribution in [1.29, 1.82) is 0 Å². The van der Waals surface area contributed by atoms with E-state index in [0.29, 0.717) is 11.8 Å². The second-order valence-electron chi connectivity index (χ2n) is 9.99. The van der Waals surface area contributed by atoms with Crippen LogP contribution in [0.25, 0.3) is 10.9 Å². The van der Waals surface area contributed by atoms with Crippen LogP contribution in [0.2, 0.25) is 0 Å². The average Bonchev–Trinajstić information content (AvgIpc) is 3.09. The first-order valence-corrected chi connectivity index (χ1v) is 12.4. The molecule has 1 atom stereocenters. The molecular formula is C27H37N5O. The van der Waals surface area contributed by atoms with Gasteiger partial charge < -0.3 is 20.5 Å². The van der Waals surface area contributed by atoms with Gasteiger partial charge in [0.1, 0.15) is 0 Å². The third-order valence-corrected chi connectivity index (χ3v) is 7.99. The molecule has 2 fully saturated rings. The molecular weight excluding hydrogens is 410 g/mol. The van der Waals surface area contributed by atoms with Crippen LogP contribution in [0.5, 0.6) is 0 Å². The highest BCUT2D eigenvalue weighted by atomic mass is 16.2. The summed E-state index contributed by atoms with van der Waals surface area (Å²) in [7, 11) is 2.17. The lowest BCUT2D eigenvalue weighted by atomic mass is 9.86. The molecule has 3 aliphatic rings. The number of hydrogen-bond donors (Lipinski definition) is 2. The van der Waals surface area contributed by atoms with Gasteiger partial charge in [-0.05, 0) is 87.2 Å². The fraction of sp³-hybridized carbons (Fsp3) is 0.519. The summed E-state index contributed by atoms with van der Waals surface area (Å²) in [6.07, 6.45) is 10.1. The summed E-state index contributed by atoms with van der Waals surface area (Å²) in [5, 5.41) is 4.47. The van der Waals surface area contributed by atoms with Gasteiger partial charge in [0.2, 0.25) is 5.91 Å². The van der Waals surface area contributed by atoms with Gasteiger partial charge in [-0.3, -0.25) is 9.69 Å². The van der Waals surface area contributed by atoms with Crippen LogP contribution in [-0.2, 0) is 11.8 Å². The van der Waals surface area contributed by atoms with Crippen molar-refractivity contribution in [2.75, 3.05) is 32.7 Å². The van der Waals surface area contributed by atoms with Gasteiger partial charge in [-0.1, -0.05) is 18.2 Å². The number of piperidine rings is 2. The number of carbonyl (C=O) groups is 1. The van der Waals surface area contributed by atoms with Crippen LogP contribution in [0.1, 0.15) is 42.9 Å². The quantitative estimate of drug-likeness (QED) is 0.755. The normalized spacial score (nSPS) is 23.1. The number of carbonyl (C=O) groups excluding carboxylic acids is 1. The van der Waals surface area contributed by atoms with Crippen LogP contribution in [0, 0.1) is 12.8 Å². The maximum Gasteiger partial charge on any atom is 0.225 e. The first kappa shape index (κ1) is 22.2. The zero-order valence-corrected chi connectivity index (χ0v) is 20.0. The van der Waals surface area contributed by atoms with Crippen molar-refractivity contribution in [3.05, 3.63) is 59.4 Å². The summed E-state index contributed by atoms with van der Waals surface area (Å²) in [5.74, 6) is 1.10. The molecule has 1 aromatic heterocycles. The zero-order valence-electron chi connectivity index (χ0n) is 20.0. The van der Waals surface area contributed by atoms with E-state index in [2.05, 4.69) is 70.1 Å². The number of nitrogens with zero attached hydrogens (tertiary/aromatic N) is 3. The van der Waals surface area contributed by atoms with Gasteiger partial charge in [-0.15, -0.1) is 0 Å². The van der Waals surface area contributed by atoms with Gasteiger partial charge >= 0.3 is 0 Å². The van der Waals surface area contributed by atoms with E-state index in [1.807, 2.05) is 6.20 Å². The van der Waals surface area contributed by atoms with E-state index in [1.54, 1.807) is 0 Å². The molecule has 176 valence electrons. The van der Waals surface area contributed by atoms with Gasteiger partial charge in [0.05, 0.1) is 6.17 Å². The van der Waals surface area contributed by atoms with Crippen molar-refractivity contribution in [1.82, 2.24) is 19.7 Å². The molecule has 5 rings (SSSR count). The van der Waals surface area contributed by atoms with E-state index in [-0.39, 0.29) is 12.1 Å². The zero-order chi connectivity index (χ0) is 22.9. The van der Waals surface area contributed by atoms with Crippen molar-refractivity contribution >= 4 is 16.8 Å². The Morgan fingerprint density at radius 1 is 1.09 bits per heavy atom. The molecule has 0 radical (unpaired) electrons. The Morgan fingerprint density at radius 3 is 2.55 bits per heavy atom. The van der Waals surface area contributed by atoms with Crippen molar-refractivity contribution in [3.8, 4) is 0 Å². The summed E-state index contributed by atoms with van der Waals surface area (Å²) < 4.78 is 2.32. The van der Waals surface area contributed by atoms with E-state index >= 15 is 0 Å². The standard InChI is InChI=1S/C27H37N5O/c1-19-26(23-5-3-4-6-24(23)30(19)2)21-10-15-32(16-11-21)27(33)22-8-13-31(14-9-22)18-20-7-12-29-25(28)17-20/h3-7,12,17,21-22,25,29H,8-11,13-16,18,28H2,1-2H3. The lowest BCUT2D eigenvalue weighted by Crippen LogP contribution is -2.45. The van der Waals surface area contributed by atoms with Gasteiger partial charge in [-0.25, -0.2) is 0 Å². The Balaban J connectivity index is 1.15. The Morgan fingerprint density at radius 2 is 1.82 bits per heavy atom. The number of benzene rings is 1. The highest BCUT2D eigenvalue weighted by Crippen LogP contribution is 2.37. The number of hydrogen-bond acceptors (Lipinski definition) is 4. The van der Waals surface area contributed by atoms with Gasteiger partial charge in [0, 0.05) is 49.2 Å². The highest BCUT2D eigenvalue weighted by Gasteiger charge is 2.32. The van der Waals surface area contributed by atoms with Crippen LogP contribution in [0.15, 0.2) is 48.2 Å². The lowest BCUT2D eigenvalue weighted by Gasteiger charge is -2.37. The monoisotopic (exact) mass is 447 g/mol. The van der Waals surface area contributed by atoms with Crippen molar-refractivity contribution in [2.24, 2.45) is 18.7 Å². The second kappa shape index (κ2) is 9.35. The number of dihydropyridines is 1. The number of nitrogens with one attached hydrogen (secondary N) is 1. The predicted octanol–water partition coefficient (Wildman–Crippen LogP) is 3.23. The predicted molar refractivity (Wildman–Crippen MR) is 134 cm³/mol. The molecule has 0 bridgehead atoms. The molecule has 0 saturated carbocycles. The van der Waals surface area contributed by atoms with E-state index < -0.39 is 0 Å². The third-order valence-electron chi connectivity index (χ3n) is 7.99. The summed E-state index contributed by atoms with van der Waals surface area (Å²) >= 11 is 0. The molecule has 3 N–H and O–H groups in total. The smallest absolute Gasteiger partial charge is 0.225 e. The maximum atomic E-state index is 13.3. The summed E-state index contributed by atoms with van der Waals surface area (Å²) in [5.41, 5.74) is 11.4. The minimum Gasteiger partial charge on any atom is -0.373 e. The molecule has 2 aromatic rings. The van der Waals surface area contributed by atoms with Crippen molar-refractivity contribution < 1.29 is 4.79 Å². The van der Waals surface area contributed by atoms with E-state index in [1.165, 1.54) is 27.7 Å². The summed E-state index contributed by atoms with van der Waals surface area (Å²) in [6, 6.07) is 8.73. The molecule has 1 unspecified atom stereocenters. The Labute approximate surface area is 197 Å². The number of nitrogens with two attached hydrogens (primary N) is 1. The molecule has 0 spiro atoms. The maximum absolute atomic E-state index is 13.3. The molecule has 3 aliphatic heterocycles. The Bertz CT molecular complexity index is 1070. The number of fused-ring (bicyclic) bond motifs is 1. The minimum atomic E-state index is -0.0929. The summed E-state index contributed by atoms with van der Waals surface area (Å²) in [4.78, 5) is 17.9. The number of aryl methyl sites for hydroxylation is 1. The second-order valence-corrected chi connectivity index (χ2v) is 9.99. The van der Waals surface area contributed by atoms with Crippen LogP contribution in [0.3, 0.4) is 0 Å². The van der Waals surface area contributed by atoms with E-state index in [9.17, 15) is 4.79 Å². The topological polar surface area (TPSA) is 66.5 Å². The number of rotatable bonds is 4. The summed E-state index contributed by atoms with van der Waals surface area (Å²) in [6.45, 7) is 6.89. The van der Waals surface area contributed by atoms with Crippen LogP contribution < -0.4 is 11.1 Å². The Kier molecular flexibility index (Phi) is 6.30. The first-order chi connectivity index (χ1) is 16.0. The van der Waals surface area contributed by atoms with Crippen molar-refractivity contribution in [3.63, 3.8) is 0 Å². The average molecular weight is 448 g/mol. The largest absolute Gasteiger partial charge is 0.373 e. The van der Waals surface area contributed by atoms with Gasteiger partial charge in [0.25, 0.3) is 0 Å². The molecule has 4 heterocycles. The van der Waals surface area contributed by atoms with E-state index in [0.717, 1.165) is 58.4 Å². The molecule has 1 aromatic carbocycles. The molecule has 6 heteroatoms. The fourth-order valence-electron chi connectivity index (χ4n) is 6.01. The van der Waals surface area contributed by atoms with Gasteiger partial charge in [0.15, 0.2) is 0 Å². The first-order valence-electron chi connectivity index (χ1n) is 12.4. The van der Waals surface area contributed by atoms with Crippen molar-refractivity contribution in [2.45, 2.75) is 44.7 Å². The molecule has 33 heavy (non-hydrogen) atoms. The lowest BCUT2D eigenvalue weighted by molar-refractivity contribution is -0.138. The molecule has 2 saturated heterocycles. The third kappa shape index (κ3) is 4.46. The Hall–Kier alpha value is -2.57. The number of likely N-dealkylation sites (tertiary alicyclic amines) is 2. The SMILES string of the molecule is Cc1c(C2CCN(C(=O)C3CCN(CC4=CC(N)NC=C4)CC3)CC2)c2ccccc2n1C. The molecule has 0 aliphatic carbocycles. The van der Waals surface area contributed by atoms with E-state index in [4.69, 9.17) is 5.73 Å². The molecule has 1 amide bonds. The number of amides is 1. The van der Waals surface area contributed by atoms with Crippen LogP contribution in [-0.4, -0.2) is 59.2 Å². The minimum absolute atomic E-state index is 0.0929. The van der Waals surface area contributed by atoms with Gasteiger partial charge in [-0.2, -0.15) is 0 Å². The number of aromatic nitrogens is 1. The van der Waals surface area contributed by atoms with Crippen LogP contribution >= 0.6 is 0 Å². The highest BCUT2D eigenvalue weighted by molar-refractivity contribution is 5.86. The fourth-order valence-corrected chi connectivity index (χ4v) is 6.01. The molecule has 6 nitrogen and oxygen atoms in total. The van der Waals surface area contributed by atoms with Crippen LogP contribution in [0.4, 0.5) is 0 Å².